The Kier molecular flexibility index (Phi) is 8.12. The van der Waals surface area contributed by atoms with Gasteiger partial charge in [-0.3, -0.25) is 10.1 Å². The minimum Gasteiger partial charge on any atom is -0.400 e. The number of nitro benzene ring substituents is 1. The van der Waals surface area contributed by atoms with Gasteiger partial charge in [0.2, 0.25) is 0 Å². The molecular formula is C14H22FN2O3S+. The number of aliphatic hydroxyl groups is 1. The van der Waals surface area contributed by atoms with E-state index < -0.39 is 10.7 Å². The quantitative estimate of drug-likeness (QED) is 0.386. The molecule has 1 rings (SSSR count). The fraction of sp³-hybridized carbons (Fsp3) is 0.500. The second-order valence-corrected chi connectivity index (χ2v) is 6.70. The third-order valence-corrected chi connectivity index (χ3v) is 3.28. The van der Waals surface area contributed by atoms with Crippen molar-refractivity contribution < 1.29 is 18.8 Å². The van der Waals surface area contributed by atoms with Crippen molar-refractivity contribution in [1.29, 1.82) is 0 Å². The lowest BCUT2D eigenvalue weighted by Crippen LogP contribution is -2.66. The topological polar surface area (TPSA) is 77.3 Å². The van der Waals surface area contributed by atoms with Gasteiger partial charge in [0.15, 0.2) is 17.7 Å². The average Bonchev–Trinajstić information content (AvgIpc) is 2.42. The molecule has 0 radical (unpaired) electrons. The lowest BCUT2D eigenvalue weighted by atomic mass is 10.1. The van der Waals surface area contributed by atoms with E-state index in [4.69, 9.17) is 5.11 Å². The number of halogens is 1. The maximum absolute atomic E-state index is 13.8. The normalized spacial score (nSPS) is 11.7. The van der Waals surface area contributed by atoms with Crippen molar-refractivity contribution in [1.82, 2.24) is 0 Å². The van der Waals surface area contributed by atoms with Crippen LogP contribution in [0.2, 0.25) is 0 Å². The first-order valence-electron chi connectivity index (χ1n) is 6.43. The van der Waals surface area contributed by atoms with Crippen molar-refractivity contribution in [3.05, 3.63) is 39.7 Å². The number of rotatable bonds is 4. The molecule has 5 nitrogen and oxygen atoms in total. The summed E-state index contributed by atoms with van der Waals surface area (Å²) in [5.41, 5.74) is 0.805. The molecular weight excluding hydrogens is 295 g/mol. The Balaban J connectivity index is 0.00000191. The monoisotopic (exact) mass is 317 g/mol. The molecule has 0 fully saturated rings. The van der Waals surface area contributed by atoms with Crippen LogP contribution in [0, 0.1) is 15.9 Å². The molecule has 1 aromatic carbocycles. The fourth-order valence-electron chi connectivity index (χ4n) is 1.39. The van der Waals surface area contributed by atoms with Crippen LogP contribution in [0.4, 0.5) is 10.1 Å². The third-order valence-electron chi connectivity index (χ3n) is 2.32. The van der Waals surface area contributed by atoms with Crippen LogP contribution in [0.15, 0.2) is 18.2 Å². The molecule has 0 amide bonds. The van der Waals surface area contributed by atoms with E-state index in [-0.39, 0.29) is 16.0 Å². The van der Waals surface area contributed by atoms with Gasteiger partial charge in [0.05, 0.1) is 15.2 Å². The van der Waals surface area contributed by atoms with Crippen molar-refractivity contribution in [2.24, 2.45) is 0 Å². The molecule has 21 heavy (non-hydrogen) atoms. The Labute approximate surface area is 128 Å². The summed E-state index contributed by atoms with van der Waals surface area (Å²) in [6.07, 6.45) is 0.571. The maximum atomic E-state index is 13.8. The van der Waals surface area contributed by atoms with Gasteiger partial charge < -0.3 is 5.11 Å². The Hall–Kier alpha value is -1.47. The fourth-order valence-corrected chi connectivity index (χ4v) is 2.07. The van der Waals surface area contributed by atoms with Crippen LogP contribution in [0.3, 0.4) is 0 Å². The molecule has 7 heteroatoms. The van der Waals surface area contributed by atoms with E-state index in [1.165, 1.54) is 24.1 Å². The molecule has 0 atom stereocenters. The molecule has 118 valence electrons. The van der Waals surface area contributed by atoms with Crippen LogP contribution < -0.4 is 4.40 Å². The SMILES string of the molecule is CC/C(=[NH+]\SC(C)(C)C)c1cc([N+](=O)[O-])ccc1F.CO. The largest absolute Gasteiger partial charge is 0.400 e. The third kappa shape index (κ3) is 6.68. The van der Waals surface area contributed by atoms with Gasteiger partial charge in [-0.15, -0.1) is 0 Å². The van der Waals surface area contributed by atoms with Crippen LogP contribution in [-0.4, -0.2) is 27.6 Å². The summed E-state index contributed by atoms with van der Waals surface area (Å²) < 4.78 is 16.9. The van der Waals surface area contributed by atoms with Gasteiger partial charge in [-0.1, -0.05) is 6.92 Å². The molecule has 0 spiro atoms. The van der Waals surface area contributed by atoms with Gasteiger partial charge in [0.1, 0.15) is 5.82 Å². The second-order valence-electron chi connectivity index (χ2n) is 5.07. The van der Waals surface area contributed by atoms with E-state index >= 15 is 0 Å². The van der Waals surface area contributed by atoms with Crippen molar-refractivity contribution in [3.8, 4) is 0 Å². The lowest BCUT2D eigenvalue weighted by Gasteiger charge is -2.08. The smallest absolute Gasteiger partial charge is 0.270 e. The molecule has 1 aromatic rings. The first-order valence-corrected chi connectivity index (χ1v) is 7.25. The van der Waals surface area contributed by atoms with Crippen LogP contribution >= 0.6 is 11.9 Å². The predicted octanol–water partition coefficient (Wildman–Crippen LogP) is 2.07. The average molecular weight is 317 g/mol. The van der Waals surface area contributed by atoms with Gasteiger partial charge >= 0.3 is 0 Å². The molecule has 0 aromatic heterocycles. The number of hydrogen-bond donors (Lipinski definition) is 2. The van der Waals surface area contributed by atoms with E-state index in [0.717, 1.165) is 13.2 Å². The minimum absolute atomic E-state index is 0.0301. The zero-order chi connectivity index (χ0) is 16.6. The zero-order valence-corrected chi connectivity index (χ0v) is 13.8. The first kappa shape index (κ1) is 19.5. The molecule has 0 saturated carbocycles. The van der Waals surface area contributed by atoms with Gasteiger partial charge in [0, 0.05) is 25.7 Å². The second kappa shape index (κ2) is 8.74. The number of nitrogens with one attached hydrogen (secondary N) is 1. The highest BCUT2D eigenvalue weighted by atomic mass is 32.2. The van der Waals surface area contributed by atoms with Crippen molar-refractivity contribution in [2.45, 2.75) is 38.9 Å². The van der Waals surface area contributed by atoms with Gasteiger partial charge in [0.25, 0.3) is 5.69 Å². The molecule has 0 aliphatic carbocycles. The summed E-state index contributed by atoms with van der Waals surface area (Å²) in [7, 11) is 1.00. The van der Waals surface area contributed by atoms with Gasteiger partial charge in [-0.2, -0.15) is 4.40 Å². The van der Waals surface area contributed by atoms with E-state index in [2.05, 4.69) is 4.40 Å². The summed E-state index contributed by atoms with van der Waals surface area (Å²) in [5.74, 6) is -0.454. The minimum atomic E-state index is -0.521. The van der Waals surface area contributed by atoms with Crippen molar-refractivity contribution >= 4 is 23.3 Å². The van der Waals surface area contributed by atoms with Crippen LogP contribution in [0.1, 0.15) is 39.7 Å². The van der Waals surface area contributed by atoms with Crippen LogP contribution in [0.25, 0.3) is 0 Å². The zero-order valence-electron chi connectivity index (χ0n) is 12.9. The molecule has 0 heterocycles. The number of nitrogens with zero attached hydrogens (tertiary/aromatic N) is 1. The highest BCUT2D eigenvalue weighted by molar-refractivity contribution is 7.94. The van der Waals surface area contributed by atoms with Gasteiger partial charge in [-0.25, -0.2) is 4.39 Å². The van der Waals surface area contributed by atoms with E-state index in [1.807, 2.05) is 27.7 Å². The predicted molar refractivity (Wildman–Crippen MR) is 83.9 cm³/mol. The molecule has 0 aliphatic rings. The molecule has 0 unspecified atom stereocenters. The Morgan fingerprint density at radius 2 is 2.00 bits per heavy atom. The number of aliphatic hydroxyl groups excluding tert-OH is 1. The first-order chi connectivity index (χ1) is 9.74. The maximum Gasteiger partial charge on any atom is 0.270 e. The Morgan fingerprint density at radius 3 is 2.43 bits per heavy atom. The highest BCUT2D eigenvalue weighted by Crippen LogP contribution is 2.18. The molecule has 0 bridgehead atoms. The number of nitro groups is 1. The number of non-ortho nitro benzene ring substituents is 1. The standard InChI is InChI=1S/C13H17FN2O2S.CH4O/c1-5-12(15-19-13(2,3)4)10-8-9(16(17)18)6-7-11(10)14;1-2/h6-8H,5H2,1-4H3;2H,1H3/p+1/b15-12+;. The van der Waals surface area contributed by atoms with E-state index in [0.29, 0.717) is 12.1 Å². The number of hydrogen-bond acceptors (Lipinski definition) is 4. The van der Waals surface area contributed by atoms with Crippen molar-refractivity contribution in [2.75, 3.05) is 7.11 Å². The highest BCUT2D eigenvalue weighted by Gasteiger charge is 2.21. The summed E-state index contributed by atoms with van der Waals surface area (Å²) in [6, 6.07) is 3.57. The molecule has 0 saturated heterocycles. The van der Waals surface area contributed by atoms with Gasteiger partial charge in [-0.05, 0) is 26.8 Å². The summed E-state index contributed by atoms with van der Waals surface area (Å²) >= 11 is 1.46. The van der Waals surface area contributed by atoms with Crippen molar-refractivity contribution in [3.63, 3.8) is 0 Å². The van der Waals surface area contributed by atoms with E-state index in [1.54, 1.807) is 0 Å². The summed E-state index contributed by atoms with van der Waals surface area (Å²) in [5, 5.41) is 17.7. The van der Waals surface area contributed by atoms with Crippen LogP contribution in [-0.2, 0) is 0 Å². The molecule has 2 N–H and O–H groups in total. The Morgan fingerprint density at radius 1 is 1.43 bits per heavy atom. The number of benzene rings is 1. The lowest BCUT2D eigenvalue weighted by molar-refractivity contribution is -0.385. The van der Waals surface area contributed by atoms with E-state index in [9.17, 15) is 14.5 Å². The summed E-state index contributed by atoms with van der Waals surface area (Å²) in [6.45, 7) is 7.97. The van der Waals surface area contributed by atoms with Crippen LogP contribution in [0.5, 0.6) is 0 Å². The Bertz CT molecular complexity index is 513. The summed E-state index contributed by atoms with van der Waals surface area (Å²) in [4.78, 5) is 10.2. The molecule has 0 aliphatic heterocycles.